The van der Waals surface area contributed by atoms with Crippen molar-refractivity contribution in [2.75, 3.05) is 5.32 Å². The molecule has 1 amide bonds. The number of carbonyl (C=O) groups excluding carboxylic acids is 1. The van der Waals surface area contributed by atoms with Crippen LogP contribution in [0.15, 0.2) is 24.3 Å². The Morgan fingerprint density at radius 1 is 1.31 bits per heavy atom. The van der Waals surface area contributed by atoms with Crippen LogP contribution in [0.3, 0.4) is 0 Å². The van der Waals surface area contributed by atoms with Crippen molar-refractivity contribution in [3.05, 3.63) is 29.8 Å². The molecule has 1 rings (SSSR count). The Morgan fingerprint density at radius 2 is 1.88 bits per heavy atom. The molecule has 0 aliphatic carbocycles. The zero-order chi connectivity index (χ0) is 12.1. The third kappa shape index (κ3) is 3.09. The van der Waals surface area contributed by atoms with E-state index in [1.54, 1.807) is 0 Å². The molecule has 0 saturated carbocycles. The average molecular weight is 216 g/mol. The second-order valence-electron chi connectivity index (χ2n) is 4.21. The van der Waals surface area contributed by atoms with Crippen LogP contribution in [0, 0.1) is 30.1 Å². The predicted molar refractivity (Wildman–Crippen MR) is 63.7 cm³/mol. The smallest absolute Gasteiger partial charge is 0.241 e. The summed E-state index contributed by atoms with van der Waals surface area (Å²) >= 11 is 0. The number of hydrogen-bond acceptors (Lipinski definition) is 2. The molecule has 0 saturated heterocycles. The van der Waals surface area contributed by atoms with Gasteiger partial charge in [0.1, 0.15) is 5.92 Å². The Hall–Kier alpha value is -1.82. The molecule has 84 valence electrons. The highest BCUT2D eigenvalue weighted by atomic mass is 16.1. The van der Waals surface area contributed by atoms with Gasteiger partial charge in [-0.15, -0.1) is 0 Å². The van der Waals surface area contributed by atoms with Crippen molar-refractivity contribution >= 4 is 11.6 Å². The van der Waals surface area contributed by atoms with Gasteiger partial charge in [0.15, 0.2) is 0 Å². The summed E-state index contributed by atoms with van der Waals surface area (Å²) in [6, 6.07) is 9.54. The minimum Gasteiger partial charge on any atom is -0.325 e. The molecule has 0 fully saturated rings. The second-order valence-corrected chi connectivity index (χ2v) is 4.21. The quantitative estimate of drug-likeness (QED) is 0.844. The van der Waals surface area contributed by atoms with Gasteiger partial charge in [0.25, 0.3) is 0 Å². The van der Waals surface area contributed by atoms with Crippen LogP contribution in [-0.2, 0) is 4.79 Å². The van der Waals surface area contributed by atoms with Gasteiger partial charge in [0.2, 0.25) is 5.91 Å². The van der Waals surface area contributed by atoms with E-state index in [-0.39, 0.29) is 11.8 Å². The highest BCUT2D eigenvalue weighted by Gasteiger charge is 2.21. The van der Waals surface area contributed by atoms with Crippen molar-refractivity contribution in [1.29, 1.82) is 5.26 Å². The first-order valence-electron chi connectivity index (χ1n) is 5.31. The Bertz CT molecular complexity index is 401. The van der Waals surface area contributed by atoms with Crippen LogP contribution >= 0.6 is 0 Å². The summed E-state index contributed by atoms with van der Waals surface area (Å²) in [4.78, 5) is 11.7. The Kier molecular flexibility index (Phi) is 4.07. The van der Waals surface area contributed by atoms with Crippen molar-refractivity contribution in [2.24, 2.45) is 11.8 Å². The number of anilines is 1. The number of carbonyl (C=O) groups is 1. The topological polar surface area (TPSA) is 52.9 Å². The first kappa shape index (κ1) is 12.3. The largest absolute Gasteiger partial charge is 0.325 e. The highest BCUT2D eigenvalue weighted by Crippen LogP contribution is 2.14. The fourth-order valence-electron chi connectivity index (χ4n) is 1.37. The van der Waals surface area contributed by atoms with Gasteiger partial charge in [0.05, 0.1) is 6.07 Å². The molecule has 3 nitrogen and oxygen atoms in total. The van der Waals surface area contributed by atoms with Gasteiger partial charge in [-0.3, -0.25) is 4.79 Å². The molecule has 0 bridgehead atoms. The van der Waals surface area contributed by atoms with Crippen LogP contribution < -0.4 is 5.32 Å². The van der Waals surface area contributed by atoms with Crippen molar-refractivity contribution in [1.82, 2.24) is 0 Å². The van der Waals surface area contributed by atoms with Crippen LogP contribution in [0.1, 0.15) is 19.4 Å². The lowest BCUT2D eigenvalue weighted by atomic mass is 9.96. The molecule has 0 aliphatic heterocycles. The van der Waals surface area contributed by atoms with E-state index in [0.717, 1.165) is 11.3 Å². The van der Waals surface area contributed by atoms with E-state index in [4.69, 9.17) is 5.26 Å². The van der Waals surface area contributed by atoms with Gasteiger partial charge >= 0.3 is 0 Å². The number of aryl methyl sites for hydroxylation is 1. The lowest BCUT2D eigenvalue weighted by Crippen LogP contribution is -2.25. The second kappa shape index (κ2) is 5.32. The third-order valence-corrected chi connectivity index (χ3v) is 2.41. The van der Waals surface area contributed by atoms with E-state index in [0.29, 0.717) is 0 Å². The van der Waals surface area contributed by atoms with Gasteiger partial charge in [0, 0.05) is 5.69 Å². The molecule has 0 radical (unpaired) electrons. The van der Waals surface area contributed by atoms with E-state index in [1.807, 2.05) is 51.1 Å². The Labute approximate surface area is 96.1 Å². The average Bonchev–Trinajstić information content (AvgIpc) is 2.22. The zero-order valence-electron chi connectivity index (χ0n) is 9.82. The number of amides is 1. The molecule has 1 atom stereocenters. The van der Waals surface area contributed by atoms with Gasteiger partial charge in [-0.2, -0.15) is 5.26 Å². The van der Waals surface area contributed by atoms with E-state index < -0.39 is 5.92 Å². The van der Waals surface area contributed by atoms with E-state index in [1.165, 1.54) is 0 Å². The summed E-state index contributed by atoms with van der Waals surface area (Å²) in [5, 5.41) is 11.6. The maximum Gasteiger partial charge on any atom is 0.241 e. The molecular formula is C13H16N2O. The van der Waals surface area contributed by atoms with Crippen molar-refractivity contribution in [2.45, 2.75) is 20.8 Å². The normalized spacial score (nSPS) is 11.9. The van der Waals surface area contributed by atoms with Crippen LogP contribution in [0.5, 0.6) is 0 Å². The number of nitrogens with zero attached hydrogens (tertiary/aromatic N) is 1. The lowest BCUT2D eigenvalue weighted by molar-refractivity contribution is -0.119. The standard InChI is InChI=1S/C13H16N2O/c1-9(2)12(8-14)13(16)15-11-6-4-10(3)5-7-11/h4-7,9,12H,1-3H3,(H,15,16). The summed E-state index contributed by atoms with van der Waals surface area (Å²) in [5.41, 5.74) is 1.87. The number of rotatable bonds is 3. The van der Waals surface area contributed by atoms with Crippen LogP contribution in [0.4, 0.5) is 5.69 Å². The predicted octanol–water partition coefficient (Wildman–Crippen LogP) is 2.73. The third-order valence-electron chi connectivity index (χ3n) is 2.41. The lowest BCUT2D eigenvalue weighted by Gasteiger charge is -2.13. The number of hydrogen-bond donors (Lipinski definition) is 1. The van der Waals surface area contributed by atoms with Crippen LogP contribution in [0.25, 0.3) is 0 Å². The van der Waals surface area contributed by atoms with Crippen LogP contribution in [-0.4, -0.2) is 5.91 Å². The monoisotopic (exact) mass is 216 g/mol. The summed E-state index contributed by atoms with van der Waals surface area (Å²) < 4.78 is 0. The van der Waals surface area contributed by atoms with E-state index in [9.17, 15) is 4.79 Å². The first-order chi connectivity index (χ1) is 7.54. The van der Waals surface area contributed by atoms with Gasteiger partial charge in [-0.25, -0.2) is 0 Å². The fraction of sp³-hybridized carbons (Fsp3) is 0.385. The van der Waals surface area contributed by atoms with Gasteiger partial charge in [-0.1, -0.05) is 31.5 Å². The van der Waals surface area contributed by atoms with Crippen molar-refractivity contribution < 1.29 is 4.79 Å². The van der Waals surface area contributed by atoms with Crippen molar-refractivity contribution in [3.8, 4) is 6.07 Å². The Morgan fingerprint density at radius 3 is 2.31 bits per heavy atom. The first-order valence-corrected chi connectivity index (χ1v) is 5.31. The van der Waals surface area contributed by atoms with E-state index in [2.05, 4.69) is 5.32 Å². The molecule has 0 heterocycles. The zero-order valence-corrected chi connectivity index (χ0v) is 9.82. The molecule has 16 heavy (non-hydrogen) atoms. The number of nitrogens with one attached hydrogen (secondary N) is 1. The molecule has 1 aromatic carbocycles. The van der Waals surface area contributed by atoms with Gasteiger partial charge in [-0.05, 0) is 25.0 Å². The van der Waals surface area contributed by atoms with E-state index >= 15 is 0 Å². The molecular weight excluding hydrogens is 200 g/mol. The number of benzene rings is 1. The fourth-order valence-corrected chi connectivity index (χ4v) is 1.37. The summed E-state index contributed by atoms with van der Waals surface area (Å²) in [6.45, 7) is 5.71. The number of nitriles is 1. The minimum atomic E-state index is -0.596. The maximum absolute atomic E-state index is 11.7. The summed E-state index contributed by atoms with van der Waals surface area (Å²) in [7, 11) is 0. The minimum absolute atomic E-state index is 0.0236. The molecule has 1 aromatic rings. The molecule has 0 aromatic heterocycles. The molecule has 0 aliphatic rings. The summed E-state index contributed by atoms with van der Waals surface area (Å²) in [6.07, 6.45) is 0. The Balaban J connectivity index is 2.71. The molecule has 0 spiro atoms. The highest BCUT2D eigenvalue weighted by molar-refractivity contribution is 5.94. The molecule has 1 N–H and O–H groups in total. The molecule has 1 unspecified atom stereocenters. The van der Waals surface area contributed by atoms with Gasteiger partial charge < -0.3 is 5.32 Å². The van der Waals surface area contributed by atoms with Crippen LogP contribution in [0.2, 0.25) is 0 Å². The molecule has 3 heteroatoms. The summed E-state index contributed by atoms with van der Waals surface area (Å²) in [5.74, 6) is -0.807. The van der Waals surface area contributed by atoms with Crippen molar-refractivity contribution in [3.63, 3.8) is 0 Å². The maximum atomic E-state index is 11.7. The SMILES string of the molecule is Cc1ccc(NC(=O)C(C#N)C(C)C)cc1.